The van der Waals surface area contributed by atoms with Crippen molar-refractivity contribution in [2.24, 2.45) is 0 Å². The molecule has 1 aromatic carbocycles. The van der Waals surface area contributed by atoms with Gasteiger partial charge in [-0.2, -0.15) is 0 Å². The lowest BCUT2D eigenvalue weighted by atomic mass is 10.1. The standard InChI is InChI=1S/C16H14N4O4/c1-9(21)17-6-10-4-15(20-8-19-10)24-11-2-3-14-12(5-11)13(7-18-14)16(22)23/h2-5,7-8,18H,6H2,1H3,(H,17,21)(H,22,23). The Bertz CT molecular complexity index is 919. The Morgan fingerprint density at radius 3 is 2.88 bits per heavy atom. The Morgan fingerprint density at radius 1 is 1.29 bits per heavy atom. The third-order valence-corrected chi connectivity index (χ3v) is 3.32. The lowest BCUT2D eigenvalue weighted by Crippen LogP contribution is -2.19. The van der Waals surface area contributed by atoms with Gasteiger partial charge in [0.05, 0.1) is 17.8 Å². The molecular weight excluding hydrogens is 312 g/mol. The quantitative estimate of drug-likeness (QED) is 0.661. The maximum atomic E-state index is 11.2. The van der Waals surface area contributed by atoms with Crippen LogP contribution in [0.4, 0.5) is 0 Å². The molecule has 122 valence electrons. The van der Waals surface area contributed by atoms with Gasteiger partial charge in [0.2, 0.25) is 11.8 Å². The molecular formula is C16H14N4O4. The van der Waals surface area contributed by atoms with Gasteiger partial charge in [0.25, 0.3) is 0 Å². The molecule has 0 aliphatic rings. The van der Waals surface area contributed by atoms with Crippen LogP contribution in [0.5, 0.6) is 11.6 Å². The summed E-state index contributed by atoms with van der Waals surface area (Å²) >= 11 is 0. The van der Waals surface area contributed by atoms with Crippen molar-refractivity contribution in [1.29, 1.82) is 0 Å². The van der Waals surface area contributed by atoms with E-state index in [-0.39, 0.29) is 18.0 Å². The van der Waals surface area contributed by atoms with Gasteiger partial charge in [-0.25, -0.2) is 14.8 Å². The molecule has 0 spiro atoms. The summed E-state index contributed by atoms with van der Waals surface area (Å²) < 4.78 is 5.67. The minimum atomic E-state index is -1.02. The van der Waals surface area contributed by atoms with Crippen molar-refractivity contribution < 1.29 is 19.4 Å². The number of nitrogens with zero attached hydrogens (tertiary/aromatic N) is 2. The van der Waals surface area contributed by atoms with Crippen LogP contribution in [0.15, 0.2) is 36.8 Å². The van der Waals surface area contributed by atoms with Gasteiger partial charge in [0.1, 0.15) is 12.1 Å². The third-order valence-electron chi connectivity index (χ3n) is 3.32. The minimum absolute atomic E-state index is 0.157. The summed E-state index contributed by atoms with van der Waals surface area (Å²) in [5, 5.41) is 12.4. The summed E-state index contributed by atoms with van der Waals surface area (Å²) in [7, 11) is 0. The van der Waals surface area contributed by atoms with Gasteiger partial charge in [-0.05, 0) is 18.2 Å². The Labute approximate surface area is 136 Å². The second-order valence-corrected chi connectivity index (χ2v) is 5.07. The number of carboxylic acids is 1. The van der Waals surface area contributed by atoms with Crippen molar-refractivity contribution in [3.8, 4) is 11.6 Å². The molecule has 3 N–H and O–H groups in total. The summed E-state index contributed by atoms with van der Waals surface area (Å²) in [6.07, 6.45) is 2.77. The van der Waals surface area contributed by atoms with Crippen LogP contribution in [0.3, 0.4) is 0 Å². The topological polar surface area (TPSA) is 117 Å². The highest BCUT2D eigenvalue weighted by Crippen LogP contribution is 2.26. The fraction of sp³-hybridized carbons (Fsp3) is 0.125. The van der Waals surface area contributed by atoms with Crippen LogP contribution in [0.25, 0.3) is 10.9 Å². The SMILES string of the molecule is CC(=O)NCc1cc(Oc2ccc3[nH]cc(C(=O)O)c3c2)ncn1. The highest BCUT2D eigenvalue weighted by Gasteiger charge is 2.12. The highest BCUT2D eigenvalue weighted by atomic mass is 16.5. The van der Waals surface area contributed by atoms with Crippen molar-refractivity contribution in [3.63, 3.8) is 0 Å². The van der Waals surface area contributed by atoms with Gasteiger partial charge in [-0.1, -0.05) is 0 Å². The fourth-order valence-electron chi connectivity index (χ4n) is 2.21. The van der Waals surface area contributed by atoms with Crippen molar-refractivity contribution in [3.05, 3.63) is 48.0 Å². The fourth-order valence-corrected chi connectivity index (χ4v) is 2.21. The zero-order valence-electron chi connectivity index (χ0n) is 12.7. The molecule has 3 rings (SSSR count). The zero-order valence-corrected chi connectivity index (χ0v) is 12.7. The normalized spacial score (nSPS) is 10.5. The second kappa shape index (κ2) is 6.37. The number of carbonyl (C=O) groups is 2. The van der Waals surface area contributed by atoms with E-state index in [1.807, 2.05) is 0 Å². The number of aromatic carboxylic acids is 1. The van der Waals surface area contributed by atoms with Crippen molar-refractivity contribution in [2.75, 3.05) is 0 Å². The van der Waals surface area contributed by atoms with Crippen molar-refractivity contribution in [2.45, 2.75) is 13.5 Å². The summed E-state index contributed by atoms with van der Waals surface area (Å²) in [5.74, 6) is -0.417. The first-order valence-electron chi connectivity index (χ1n) is 7.10. The first kappa shape index (κ1) is 15.5. The Morgan fingerprint density at radius 2 is 2.12 bits per heavy atom. The molecule has 0 atom stereocenters. The summed E-state index contributed by atoms with van der Waals surface area (Å²) in [6.45, 7) is 1.69. The molecule has 2 aromatic heterocycles. The van der Waals surface area contributed by atoms with Crippen LogP contribution in [0, 0.1) is 0 Å². The molecule has 24 heavy (non-hydrogen) atoms. The maximum Gasteiger partial charge on any atom is 0.337 e. The van der Waals surface area contributed by atoms with Gasteiger partial charge in [0.15, 0.2) is 0 Å². The highest BCUT2D eigenvalue weighted by molar-refractivity contribution is 6.03. The van der Waals surface area contributed by atoms with Crippen LogP contribution < -0.4 is 10.1 Å². The number of H-pyrrole nitrogens is 1. The van der Waals surface area contributed by atoms with E-state index in [2.05, 4.69) is 20.3 Å². The molecule has 0 saturated heterocycles. The van der Waals surface area contributed by atoms with Crippen molar-refractivity contribution in [1.82, 2.24) is 20.3 Å². The number of rotatable bonds is 5. The first-order chi connectivity index (χ1) is 11.5. The average Bonchev–Trinajstić information content (AvgIpc) is 2.97. The monoisotopic (exact) mass is 326 g/mol. The molecule has 0 saturated carbocycles. The molecule has 0 radical (unpaired) electrons. The number of hydrogen-bond acceptors (Lipinski definition) is 5. The zero-order chi connectivity index (χ0) is 17.1. The van der Waals surface area contributed by atoms with E-state index in [1.54, 1.807) is 24.3 Å². The van der Waals surface area contributed by atoms with E-state index < -0.39 is 5.97 Å². The molecule has 0 aliphatic heterocycles. The molecule has 1 amide bonds. The Kier molecular flexibility index (Phi) is 4.11. The van der Waals surface area contributed by atoms with Crippen LogP contribution in [0.2, 0.25) is 0 Å². The lowest BCUT2D eigenvalue weighted by Gasteiger charge is -2.07. The summed E-state index contributed by atoms with van der Waals surface area (Å²) in [6, 6.07) is 6.68. The molecule has 0 unspecified atom stereocenters. The first-order valence-corrected chi connectivity index (χ1v) is 7.10. The average molecular weight is 326 g/mol. The van der Waals surface area contributed by atoms with E-state index in [9.17, 15) is 14.7 Å². The number of benzene rings is 1. The van der Waals surface area contributed by atoms with Gasteiger partial charge in [-0.15, -0.1) is 0 Å². The maximum absolute atomic E-state index is 11.2. The number of aromatic nitrogens is 3. The number of hydrogen-bond donors (Lipinski definition) is 3. The van der Waals surface area contributed by atoms with E-state index in [0.29, 0.717) is 28.2 Å². The number of carboxylic acid groups (broad SMARTS) is 1. The molecule has 0 fully saturated rings. The van der Waals surface area contributed by atoms with E-state index >= 15 is 0 Å². The van der Waals surface area contributed by atoms with E-state index in [4.69, 9.17) is 4.74 Å². The minimum Gasteiger partial charge on any atom is -0.478 e. The molecule has 2 heterocycles. The predicted octanol–water partition coefficient (Wildman–Crippen LogP) is 2.08. The second-order valence-electron chi connectivity index (χ2n) is 5.07. The molecule has 8 nitrogen and oxygen atoms in total. The van der Waals surface area contributed by atoms with Crippen molar-refractivity contribution >= 4 is 22.8 Å². The molecule has 3 aromatic rings. The number of amides is 1. The number of carbonyl (C=O) groups excluding carboxylic acids is 1. The van der Waals surface area contributed by atoms with Crippen LogP contribution in [-0.2, 0) is 11.3 Å². The largest absolute Gasteiger partial charge is 0.478 e. The van der Waals surface area contributed by atoms with Gasteiger partial charge >= 0.3 is 5.97 Å². The lowest BCUT2D eigenvalue weighted by molar-refractivity contribution is -0.119. The van der Waals surface area contributed by atoms with Gasteiger partial charge < -0.3 is 20.1 Å². The number of aromatic amines is 1. The van der Waals surface area contributed by atoms with E-state index in [0.717, 1.165) is 0 Å². The van der Waals surface area contributed by atoms with E-state index in [1.165, 1.54) is 19.4 Å². The molecule has 8 heteroatoms. The number of fused-ring (bicyclic) bond motifs is 1. The van der Waals surface area contributed by atoms with Gasteiger partial charge in [0, 0.05) is 30.1 Å². The Hall–Kier alpha value is -3.42. The molecule has 0 aliphatic carbocycles. The predicted molar refractivity (Wildman–Crippen MR) is 84.9 cm³/mol. The van der Waals surface area contributed by atoms with Gasteiger partial charge in [-0.3, -0.25) is 4.79 Å². The Balaban J connectivity index is 1.84. The number of nitrogens with one attached hydrogen (secondary N) is 2. The summed E-state index contributed by atoms with van der Waals surface area (Å²) in [5.41, 5.74) is 1.47. The summed E-state index contributed by atoms with van der Waals surface area (Å²) in [4.78, 5) is 33.1. The number of ether oxygens (including phenoxy) is 1. The van der Waals surface area contributed by atoms with Crippen LogP contribution in [0.1, 0.15) is 23.0 Å². The van der Waals surface area contributed by atoms with Crippen LogP contribution in [-0.4, -0.2) is 31.9 Å². The van der Waals surface area contributed by atoms with Crippen LogP contribution >= 0.6 is 0 Å². The molecule has 0 bridgehead atoms. The smallest absolute Gasteiger partial charge is 0.337 e. The third kappa shape index (κ3) is 3.32.